The molecule has 4 aromatic carbocycles. The summed E-state index contributed by atoms with van der Waals surface area (Å²) in [7, 11) is 0. The van der Waals surface area contributed by atoms with Gasteiger partial charge < -0.3 is 20.7 Å². The third-order valence-electron chi connectivity index (χ3n) is 5.47. The second kappa shape index (κ2) is 12.8. The summed E-state index contributed by atoms with van der Waals surface area (Å²) in [6.07, 6.45) is 1.06. The lowest BCUT2D eigenvalue weighted by atomic mass is 10.1. The fraction of sp³-hybridized carbons (Fsp3) is 0.133. The lowest BCUT2D eigenvalue weighted by molar-refractivity contribution is -0.116. The van der Waals surface area contributed by atoms with E-state index in [0.717, 1.165) is 22.6 Å². The van der Waals surface area contributed by atoms with Crippen LogP contribution >= 0.6 is 0 Å². The topological polar surface area (TPSA) is 79.5 Å². The molecule has 0 aliphatic rings. The maximum Gasteiger partial charge on any atom is 0.243 e. The average molecular weight is 480 g/mol. The number of aryl methyl sites for hydroxylation is 1. The Hall–Kier alpha value is -4.58. The molecule has 0 saturated heterocycles. The van der Waals surface area contributed by atoms with E-state index in [9.17, 15) is 9.59 Å². The summed E-state index contributed by atoms with van der Waals surface area (Å²) in [4.78, 5) is 24.7. The molecule has 0 aliphatic carbocycles. The predicted octanol–water partition coefficient (Wildman–Crippen LogP) is 5.89. The van der Waals surface area contributed by atoms with E-state index in [4.69, 9.17) is 4.74 Å². The first-order chi connectivity index (χ1) is 17.6. The predicted molar refractivity (Wildman–Crippen MR) is 144 cm³/mol. The lowest BCUT2D eigenvalue weighted by Gasteiger charge is -2.11. The number of hydrogen-bond donors (Lipinski definition) is 3. The Morgan fingerprint density at radius 1 is 0.611 bits per heavy atom. The van der Waals surface area contributed by atoms with Crippen molar-refractivity contribution in [3.8, 4) is 5.75 Å². The summed E-state index contributed by atoms with van der Waals surface area (Å²) in [6.45, 7) is 0.612. The van der Waals surface area contributed by atoms with Gasteiger partial charge in [-0.2, -0.15) is 0 Å². The van der Waals surface area contributed by atoms with Gasteiger partial charge in [0.2, 0.25) is 11.8 Å². The molecule has 0 heterocycles. The highest BCUT2D eigenvalue weighted by atomic mass is 16.5. The molecule has 0 unspecified atom stereocenters. The Balaban J connectivity index is 1.20. The van der Waals surface area contributed by atoms with Crippen LogP contribution in [0.5, 0.6) is 5.75 Å². The molecule has 0 spiro atoms. The first-order valence-corrected chi connectivity index (χ1v) is 11.9. The molecule has 36 heavy (non-hydrogen) atoms. The quantitative estimate of drug-likeness (QED) is 0.251. The molecule has 6 heteroatoms. The Labute approximate surface area is 211 Å². The van der Waals surface area contributed by atoms with Crippen molar-refractivity contribution in [1.29, 1.82) is 0 Å². The van der Waals surface area contributed by atoms with Gasteiger partial charge in [-0.15, -0.1) is 0 Å². The van der Waals surface area contributed by atoms with Crippen LogP contribution in [-0.2, 0) is 22.6 Å². The third kappa shape index (κ3) is 8.02. The zero-order chi connectivity index (χ0) is 25.0. The van der Waals surface area contributed by atoms with E-state index in [1.807, 2.05) is 84.9 Å². The standard InChI is InChI=1S/C30H29N3O3/c34-29(19-14-23-8-3-1-4-9-23)32-26-12-7-13-27(20-26)33-30(35)21-31-25-15-17-28(18-16-25)36-22-24-10-5-2-6-11-24/h1-13,15-18,20,31H,14,19,21-22H2,(H,32,34)(H,33,35). The van der Waals surface area contributed by atoms with Crippen LogP contribution < -0.4 is 20.7 Å². The number of benzene rings is 4. The first kappa shape index (κ1) is 24.5. The number of nitrogens with one attached hydrogen (secondary N) is 3. The second-order valence-electron chi connectivity index (χ2n) is 8.31. The van der Waals surface area contributed by atoms with Crippen LogP contribution in [0.25, 0.3) is 0 Å². The van der Waals surface area contributed by atoms with Crippen molar-refractivity contribution in [2.24, 2.45) is 0 Å². The molecule has 6 nitrogen and oxygen atoms in total. The summed E-state index contributed by atoms with van der Waals surface area (Å²) in [5.74, 6) is 0.503. The molecule has 0 aliphatic heterocycles. The van der Waals surface area contributed by atoms with Crippen molar-refractivity contribution >= 4 is 28.9 Å². The van der Waals surface area contributed by atoms with Crippen LogP contribution in [0.2, 0.25) is 0 Å². The SMILES string of the molecule is O=C(CCc1ccccc1)Nc1cccc(NC(=O)CNc2ccc(OCc3ccccc3)cc2)c1. The number of carbonyl (C=O) groups excluding carboxylic acids is 2. The molecule has 0 saturated carbocycles. The van der Waals surface area contributed by atoms with Crippen LogP contribution in [0.3, 0.4) is 0 Å². The molecule has 0 fully saturated rings. The molecule has 4 rings (SSSR count). The zero-order valence-corrected chi connectivity index (χ0v) is 19.9. The van der Waals surface area contributed by atoms with Crippen molar-refractivity contribution in [2.45, 2.75) is 19.4 Å². The highest BCUT2D eigenvalue weighted by molar-refractivity contribution is 5.95. The fourth-order valence-corrected chi connectivity index (χ4v) is 3.60. The van der Waals surface area contributed by atoms with Crippen molar-refractivity contribution in [2.75, 3.05) is 22.5 Å². The maximum atomic E-state index is 12.4. The monoisotopic (exact) mass is 479 g/mol. The molecule has 4 aromatic rings. The van der Waals surface area contributed by atoms with Crippen molar-refractivity contribution < 1.29 is 14.3 Å². The summed E-state index contributed by atoms with van der Waals surface area (Å²) in [6, 6.07) is 34.5. The van der Waals surface area contributed by atoms with Gasteiger partial charge in [-0.1, -0.05) is 66.7 Å². The third-order valence-corrected chi connectivity index (χ3v) is 5.47. The van der Waals surface area contributed by atoms with E-state index < -0.39 is 0 Å². The van der Waals surface area contributed by atoms with Gasteiger partial charge >= 0.3 is 0 Å². The summed E-state index contributed by atoms with van der Waals surface area (Å²) >= 11 is 0. The minimum Gasteiger partial charge on any atom is -0.489 e. The van der Waals surface area contributed by atoms with E-state index in [2.05, 4.69) is 16.0 Å². The summed E-state index contributed by atoms with van der Waals surface area (Å²) in [5.41, 5.74) is 4.30. The lowest BCUT2D eigenvalue weighted by Crippen LogP contribution is -2.21. The maximum absolute atomic E-state index is 12.4. The van der Waals surface area contributed by atoms with Crippen molar-refractivity contribution in [3.05, 3.63) is 120 Å². The zero-order valence-electron chi connectivity index (χ0n) is 19.9. The van der Waals surface area contributed by atoms with Crippen LogP contribution in [0.1, 0.15) is 17.5 Å². The van der Waals surface area contributed by atoms with Gasteiger partial charge in [0.25, 0.3) is 0 Å². The number of anilines is 3. The minimum atomic E-state index is -0.188. The number of rotatable bonds is 11. The number of amides is 2. The molecule has 3 N–H and O–H groups in total. The second-order valence-corrected chi connectivity index (χ2v) is 8.31. The van der Waals surface area contributed by atoms with Gasteiger partial charge in [-0.25, -0.2) is 0 Å². The largest absolute Gasteiger partial charge is 0.489 e. The van der Waals surface area contributed by atoms with Crippen LogP contribution in [0.4, 0.5) is 17.1 Å². The normalized spacial score (nSPS) is 10.3. The molecule has 2 amide bonds. The molecular formula is C30H29N3O3. The van der Waals surface area contributed by atoms with E-state index in [0.29, 0.717) is 30.8 Å². The summed E-state index contributed by atoms with van der Waals surface area (Å²) < 4.78 is 5.79. The molecule has 0 aromatic heterocycles. The summed E-state index contributed by atoms with van der Waals surface area (Å²) in [5, 5.41) is 8.86. The van der Waals surface area contributed by atoms with Crippen LogP contribution in [0, 0.1) is 0 Å². The smallest absolute Gasteiger partial charge is 0.243 e. The van der Waals surface area contributed by atoms with E-state index >= 15 is 0 Å². The molecular weight excluding hydrogens is 450 g/mol. The van der Waals surface area contributed by atoms with Gasteiger partial charge in [0.1, 0.15) is 12.4 Å². The van der Waals surface area contributed by atoms with Gasteiger partial charge in [0.15, 0.2) is 0 Å². The van der Waals surface area contributed by atoms with Gasteiger partial charge in [0.05, 0.1) is 6.54 Å². The molecule has 182 valence electrons. The van der Waals surface area contributed by atoms with Crippen LogP contribution in [0.15, 0.2) is 109 Å². The minimum absolute atomic E-state index is 0.0693. The Kier molecular flexibility index (Phi) is 8.70. The average Bonchev–Trinajstić information content (AvgIpc) is 2.91. The number of hydrogen-bond acceptors (Lipinski definition) is 4. The molecule has 0 atom stereocenters. The molecule has 0 radical (unpaired) electrons. The molecule has 0 bridgehead atoms. The fourth-order valence-electron chi connectivity index (χ4n) is 3.60. The van der Waals surface area contributed by atoms with E-state index in [1.165, 1.54) is 0 Å². The first-order valence-electron chi connectivity index (χ1n) is 11.9. The van der Waals surface area contributed by atoms with Crippen molar-refractivity contribution in [1.82, 2.24) is 0 Å². The number of ether oxygens (including phenoxy) is 1. The van der Waals surface area contributed by atoms with E-state index in [1.54, 1.807) is 24.3 Å². The van der Waals surface area contributed by atoms with Gasteiger partial charge in [-0.3, -0.25) is 9.59 Å². The van der Waals surface area contributed by atoms with Gasteiger partial charge in [-0.05, 0) is 60.0 Å². The highest BCUT2D eigenvalue weighted by Crippen LogP contribution is 2.18. The highest BCUT2D eigenvalue weighted by Gasteiger charge is 2.07. The van der Waals surface area contributed by atoms with Crippen LogP contribution in [-0.4, -0.2) is 18.4 Å². The Morgan fingerprint density at radius 3 is 1.89 bits per heavy atom. The van der Waals surface area contributed by atoms with Gasteiger partial charge in [0, 0.05) is 23.5 Å². The Morgan fingerprint density at radius 2 is 1.22 bits per heavy atom. The number of carbonyl (C=O) groups is 2. The van der Waals surface area contributed by atoms with E-state index in [-0.39, 0.29) is 18.4 Å². The Bertz CT molecular complexity index is 1260. The van der Waals surface area contributed by atoms with Crippen molar-refractivity contribution in [3.63, 3.8) is 0 Å².